The molecule has 1 fully saturated rings. The van der Waals surface area contributed by atoms with E-state index in [0.717, 1.165) is 37.2 Å². The van der Waals surface area contributed by atoms with E-state index in [1.807, 2.05) is 16.5 Å². The molecule has 0 bridgehead atoms. The molecular weight excluding hydrogens is 295 g/mol. The number of rotatable bonds is 4. The maximum atomic E-state index is 13.1. The van der Waals surface area contributed by atoms with Gasteiger partial charge in [-0.2, -0.15) is 0 Å². The second kappa shape index (κ2) is 6.89. The highest BCUT2D eigenvalue weighted by Gasteiger charge is 2.27. The number of hydrogen-bond acceptors (Lipinski definition) is 3. The van der Waals surface area contributed by atoms with E-state index in [-0.39, 0.29) is 17.8 Å². The quantitative estimate of drug-likeness (QED) is 0.871. The van der Waals surface area contributed by atoms with E-state index >= 15 is 0 Å². The van der Waals surface area contributed by atoms with Crippen LogP contribution in [-0.4, -0.2) is 32.1 Å². The maximum Gasteiger partial charge on any atom is 0.223 e. The summed E-state index contributed by atoms with van der Waals surface area (Å²) in [6.45, 7) is 0.764. The molecule has 1 aliphatic rings. The molecule has 1 aromatic carbocycles. The van der Waals surface area contributed by atoms with Gasteiger partial charge in [-0.05, 0) is 37.0 Å². The number of aromatic nitrogens is 3. The van der Waals surface area contributed by atoms with Crippen LogP contribution in [0.2, 0.25) is 0 Å². The van der Waals surface area contributed by atoms with Crippen LogP contribution in [0.25, 0.3) is 0 Å². The van der Waals surface area contributed by atoms with Gasteiger partial charge in [-0.1, -0.05) is 12.1 Å². The molecule has 0 aliphatic carbocycles. The van der Waals surface area contributed by atoms with Crippen molar-refractivity contribution in [1.29, 1.82) is 0 Å². The van der Waals surface area contributed by atoms with Gasteiger partial charge in [0.05, 0.1) is 6.04 Å². The molecule has 0 unspecified atom stereocenters. The lowest BCUT2D eigenvalue weighted by atomic mass is 9.94. The van der Waals surface area contributed by atoms with E-state index in [0.29, 0.717) is 12.8 Å². The first kappa shape index (κ1) is 15.6. The summed E-state index contributed by atoms with van der Waals surface area (Å²) in [4.78, 5) is 14.6. The Morgan fingerprint density at radius 3 is 2.78 bits per heavy atom. The van der Waals surface area contributed by atoms with Crippen molar-refractivity contribution >= 4 is 5.91 Å². The number of piperidine rings is 1. The van der Waals surface area contributed by atoms with E-state index in [1.165, 1.54) is 12.1 Å². The molecule has 3 rings (SSSR count). The maximum absolute atomic E-state index is 13.1. The third kappa shape index (κ3) is 3.57. The molecule has 0 spiro atoms. The second-order valence-corrected chi connectivity index (χ2v) is 6.01. The van der Waals surface area contributed by atoms with E-state index in [2.05, 4.69) is 10.2 Å². The van der Waals surface area contributed by atoms with Crippen LogP contribution in [0.15, 0.2) is 30.6 Å². The van der Waals surface area contributed by atoms with E-state index in [9.17, 15) is 9.18 Å². The highest BCUT2D eigenvalue weighted by Crippen LogP contribution is 2.31. The minimum atomic E-state index is -0.246. The first-order valence-corrected chi connectivity index (χ1v) is 8.03. The number of likely N-dealkylation sites (tertiary alicyclic amines) is 1. The molecule has 1 atom stereocenters. The van der Waals surface area contributed by atoms with Gasteiger partial charge in [-0.15, -0.1) is 10.2 Å². The minimum absolute atomic E-state index is 0.0522. The number of aryl methyl sites for hydroxylation is 2. The van der Waals surface area contributed by atoms with Gasteiger partial charge in [0.25, 0.3) is 0 Å². The molecule has 1 amide bonds. The lowest BCUT2D eigenvalue weighted by molar-refractivity contribution is -0.135. The van der Waals surface area contributed by atoms with Gasteiger partial charge in [0, 0.05) is 26.4 Å². The Bertz CT molecular complexity index is 667. The zero-order valence-corrected chi connectivity index (χ0v) is 13.3. The van der Waals surface area contributed by atoms with Crippen LogP contribution in [0.1, 0.15) is 43.1 Å². The van der Waals surface area contributed by atoms with Crippen LogP contribution in [0.4, 0.5) is 4.39 Å². The van der Waals surface area contributed by atoms with Gasteiger partial charge in [0.2, 0.25) is 5.91 Å². The fourth-order valence-corrected chi connectivity index (χ4v) is 3.16. The summed E-state index contributed by atoms with van der Waals surface area (Å²) < 4.78 is 15.0. The molecule has 5 nitrogen and oxygen atoms in total. The van der Waals surface area contributed by atoms with Crippen molar-refractivity contribution in [3.05, 3.63) is 47.8 Å². The molecule has 23 heavy (non-hydrogen) atoms. The smallest absolute Gasteiger partial charge is 0.223 e. The Labute approximate surface area is 135 Å². The summed E-state index contributed by atoms with van der Waals surface area (Å²) in [7, 11) is 1.88. The van der Waals surface area contributed by atoms with Crippen molar-refractivity contribution in [2.75, 3.05) is 6.54 Å². The molecule has 2 heterocycles. The number of halogens is 1. The first-order chi connectivity index (χ1) is 11.1. The molecule has 2 aromatic rings. The Balaban J connectivity index is 1.69. The van der Waals surface area contributed by atoms with Gasteiger partial charge in [-0.3, -0.25) is 4.79 Å². The summed E-state index contributed by atoms with van der Waals surface area (Å²) in [5.41, 5.74) is 1.01. The van der Waals surface area contributed by atoms with E-state index in [1.54, 1.807) is 18.5 Å². The number of amides is 1. The normalized spacial score (nSPS) is 18.2. The van der Waals surface area contributed by atoms with Gasteiger partial charge >= 0.3 is 0 Å². The zero-order valence-electron chi connectivity index (χ0n) is 13.3. The van der Waals surface area contributed by atoms with Crippen molar-refractivity contribution in [3.8, 4) is 0 Å². The van der Waals surface area contributed by atoms with Crippen molar-refractivity contribution in [2.24, 2.45) is 7.05 Å². The Hall–Kier alpha value is -2.24. The zero-order chi connectivity index (χ0) is 16.2. The lowest BCUT2D eigenvalue weighted by Gasteiger charge is -2.36. The molecule has 0 N–H and O–H groups in total. The molecular formula is C17H21FN4O. The van der Waals surface area contributed by atoms with Crippen molar-refractivity contribution in [3.63, 3.8) is 0 Å². The van der Waals surface area contributed by atoms with Crippen LogP contribution in [0, 0.1) is 5.82 Å². The summed E-state index contributed by atoms with van der Waals surface area (Å²) in [6.07, 6.45) is 5.69. The lowest BCUT2D eigenvalue weighted by Crippen LogP contribution is -2.38. The van der Waals surface area contributed by atoms with Crippen LogP contribution in [0.5, 0.6) is 0 Å². The van der Waals surface area contributed by atoms with Crippen molar-refractivity contribution in [1.82, 2.24) is 19.7 Å². The minimum Gasteiger partial charge on any atom is -0.336 e. The molecule has 1 aliphatic heterocycles. The monoisotopic (exact) mass is 316 g/mol. The predicted octanol–water partition coefficient (Wildman–Crippen LogP) is 2.64. The number of hydrogen-bond donors (Lipinski definition) is 0. The second-order valence-electron chi connectivity index (χ2n) is 6.01. The summed E-state index contributed by atoms with van der Waals surface area (Å²) in [5.74, 6) is 0.695. The van der Waals surface area contributed by atoms with Crippen LogP contribution < -0.4 is 0 Å². The Kier molecular flexibility index (Phi) is 4.69. The average molecular weight is 316 g/mol. The molecule has 1 saturated heterocycles. The summed E-state index contributed by atoms with van der Waals surface area (Å²) in [6, 6.07) is 6.55. The standard InChI is InChI=1S/C17H21FN4O/c1-21-12-19-20-16(21)9-10-17(23)22-11-3-2-4-15(22)13-5-7-14(18)8-6-13/h5-8,12,15H,2-4,9-11H2,1H3/t15-/m0/s1. The number of benzene rings is 1. The summed E-state index contributed by atoms with van der Waals surface area (Å²) in [5, 5.41) is 7.86. The first-order valence-electron chi connectivity index (χ1n) is 8.03. The van der Waals surface area contributed by atoms with Gasteiger partial charge < -0.3 is 9.47 Å². The highest BCUT2D eigenvalue weighted by molar-refractivity contribution is 5.77. The highest BCUT2D eigenvalue weighted by atomic mass is 19.1. The van der Waals surface area contributed by atoms with Gasteiger partial charge in [-0.25, -0.2) is 4.39 Å². The fraction of sp³-hybridized carbons (Fsp3) is 0.471. The number of carbonyl (C=O) groups is 1. The summed E-state index contributed by atoms with van der Waals surface area (Å²) >= 11 is 0. The molecule has 1 aromatic heterocycles. The van der Waals surface area contributed by atoms with E-state index < -0.39 is 0 Å². The number of nitrogens with zero attached hydrogens (tertiary/aromatic N) is 4. The van der Waals surface area contributed by atoms with Gasteiger partial charge in [0.1, 0.15) is 18.0 Å². The number of carbonyl (C=O) groups excluding carboxylic acids is 1. The van der Waals surface area contributed by atoms with Crippen LogP contribution in [-0.2, 0) is 18.3 Å². The van der Waals surface area contributed by atoms with Gasteiger partial charge in [0.15, 0.2) is 0 Å². The fourth-order valence-electron chi connectivity index (χ4n) is 3.16. The Morgan fingerprint density at radius 1 is 1.30 bits per heavy atom. The molecule has 0 radical (unpaired) electrons. The molecule has 6 heteroatoms. The van der Waals surface area contributed by atoms with Crippen molar-refractivity contribution in [2.45, 2.75) is 38.1 Å². The van der Waals surface area contributed by atoms with Crippen LogP contribution in [0.3, 0.4) is 0 Å². The average Bonchev–Trinajstić information content (AvgIpc) is 2.98. The molecule has 122 valence electrons. The Morgan fingerprint density at radius 2 is 2.09 bits per heavy atom. The predicted molar refractivity (Wildman–Crippen MR) is 84.0 cm³/mol. The molecule has 0 saturated carbocycles. The third-order valence-electron chi connectivity index (χ3n) is 4.45. The SMILES string of the molecule is Cn1cnnc1CCC(=O)N1CCCC[C@H]1c1ccc(F)cc1. The van der Waals surface area contributed by atoms with Crippen molar-refractivity contribution < 1.29 is 9.18 Å². The largest absolute Gasteiger partial charge is 0.336 e. The van der Waals surface area contributed by atoms with Crippen LogP contribution >= 0.6 is 0 Å². The van der Waals surface area contributed by atoms with E-state index in [4.69, 9.17) is 0 Å². The topological polar surface area (TPSA) is 51.0 Å². The third-order valence-corrected chi connectivity index (χ3v) is 4.45.